The summed E-state index contributed by atoms with van der Waals surface area (Å²) in [6.45, 7) is 3.78. The maximum atomic E-state index is 9.34. The van der Waals surface area contributed by atoms with E-state index in [0.29, 0.717) is 5.16 Å². The summed E-state index contributed by atoms with van der Waals surface area (Å²) in [5.74, 6) is 0.196. The lowest BCUT2D eigenvalue weighted by atomic mass is 10.3. The lowest BCUT2D eigenvalue weighted by Crippen LogP contribution is -2.00. The van der Waals surface area contributed by atoms with E-state index in [2.05, 4.69) is 25.5 Å². The van der Waals surface area contributed by atoms with Crippen molar-refractivity contribution >= 4 is 11.8 Å². The van der Waals surface area contributed by atoms with Crippen LogP contribution in [0.4, 0.5) is 0 Å². The molecule has 0 saturated carbocycles. The Labute approximate surface area is 125 Å². The van der Waals surface area contributed by atoms with Crippen molar-refractivity contribution in [3.05, 3.63) is 41.9 Å². The van der Waals surface area contributed by atoms with Crippen LogP contribution in [0, 0.1) is 13.8 Å². The Kier molecular flexibility index (Phi) is 3.53. The summed E-state index contributed by atoms with van der Waals surface area (Å²) in [6.07, 6.45) is 1.72. The number of aryl methyl sites for hydroxylation is 2. The molecular weight excluding hydrogens is 288 g/mol. The Bertz CT molecular complexity index is 771. The van der Waals surface area contributed by atoms with E-state index in [4.69, 9.17) is 0 Å². The van der Waals surface area contributed by atoms with Gasteiger partial charge in [0.2, 0.25) is 5.16 Å². The summed E-state index contributed by atoms with van der Waals surface area (Å²) in [5, 5.41) is 22.4. The quantitative estimate of drug-likeness (QED) is 0.790. The summed E-state index contributed by atoms with van der Waals surface area (Å²) in [5.41, 5.74) is 2.43. The maximum Gasteiger partial charge on any atom is 0.220 e. The molecule has 0 amide bonds. The van der Waals surface area contributed by atoms with Gasteiger partial charge in [-0.2, -0.15) is 4.68 Å². The number of hydrogen-bond acceptors (Lipinski definition) is 7. The molecule has 0 unspecified atom stereocenters. The van der Waals surface area contributed by atoms with Crippen LogP contribution in [-0.4, -0.2) is 35.3 Å². The second-order valence-corrected chi connectivity index (χ2v) is 5.35. The van der Waals surface area contributed by atoms with Crippen LogP contribution in [0.5, 0.6) is 5.75 Å². The molecule has 0 aliphatic heterocycles. The van der Waals surface area contributed by atoms with Crippen molar-refractivity contribution in [2.45, 2.75) is 24.0 Å². The third-order valence-corrected chi connectivity index (χ3v) is 3.77. The van der Waals surface area contributed by atoms with Crippen LogP contribution >= 0.6 is 11.8 Å². The summed E-state index contributed by atoms with van der Waals surface area (Å²) in [7, 11) is 0. The van der Waals surface area contributed by atoms with E-state index >= 15 is 0 Å². The van der Waals surface area contributed by atoms with Crippen LogP contribution in [0.2, 0.25) is 0 Å². The van der Waals surface area contributed by atoms with Crippen LogP contribution in [0.1, 0.15) is 11.4 Å². The molecule has 8 heteroatoms. The smallest absolute Gasteiger partial charge is 0.220 e. The number of phenols is 1. The standard InChI is InChI=1S/C13H12N6OS/c1-8-7-14-9(2)12(15-8)21-13-16-17-18-19(13)10-3-5-11(20)6-4-10/h3-7,20H,1-2H3. The lowest BCUT2D eigenvalue weighted by molar-refractivity contribution is 0.475. The predicted octanol–water partition coefficient (Wildman–Crippen LogP) is 1.93. The predicted molar refractivity (Wildman–Crippen MR) is 76.4 cm³/mol. The highest BCUT2D eigenvalue weighted by molar-refractivity contribution is 7.99. The van der Waals surface area contributed by atoms with E-state index < -0.39 is 0 Å². The molecule has 1 aromatic carbocycles. The first-order valence-electron chi connectivity index (χ1n) is 6.19. The van der Waals surface area contributed by atoms with Gasteiger partial charge in [0.1, 0.15) is 10.8 Å². The molecule has 0 aliphatic carbocycles. The van der Waals surface area contributed by atoms with Gasteiger partial charge in [-0.3, -0.25) is 4.98 Å². The Balaban J connectivity index is 1.96. The van der Waals surface area contributed by atoms with Crippen molar-refractivity contribution < 1.29 is 5.11 Å². The van der Waals surface area contributed by atoms with Crippen LogP contribution in [-0.2, 0) is 0 Å². The topological polar surface area (TPSA) is 89.6 Å². The van der Waals surface area contributed by atoms with E-state index in [1.165, 1.54) is 11.8 Å². The molecule has 0 spiro atoms. The number of rotatable bonds is 3. The Morgan fingerprint density at radius 3 is 2.67 bits per heavy atom. The molecule has 7 nitrogen and oxygen atoms in total. The average Bonchev–Trinajstić information content (AvgIpc) is 2.92. The van der Waals surface area contributed by atoms with Gasteiger partial charge in [-0.15, -0.1) is 5.10 Å². The van der Waals surface area contributed by atoms with Crippen LogP contribution in [0.3, 0.4) is 0 Å². The van der Waals surface area contributed by atoms with Crippen molar-refractivity contribution in [3.63, 3.8) is 0 Å². The van der Waals surface area contributed by atoms with Gasteiger partial charge in [-0.25, -0.2) is 4.98 Å². The van der Waals surface area contributed by atoms with Crippen molar-refractivity contribution in [1.29, 1.82) is 0 Å². The zero-order valence-corrected chi connectivity index (χ0v) is 12.2. The first-order valence-corrected chi connectivity index (χ1v) is 7.01. The molecular formula is C13H12N6OS. The summed E-state index contributed by atoms with van der Waals surface area (Å²) < 4.78 is 1.59. The fourth-order valence-corrected chi connectivity index (χ4v) is 2.57. The van der Waals surface area contributed by atoms with Gasteiger partial charge in [0.25, 0.3) is 0 Å². The van der Waals surface area contributed by atoms with Crippen molar-refractivity contribution in [1.82, 2.24) is 30.2 Å². The van der Waals surface area contributed by atoms with Gasteiger partial charge in [0.15, 0.2) is 0 Å². The molecule has 0 atom stereocenters. The molecule has 2 heterocycles. The number of aromatic nitrogens is 6. The van der Waals surface area contributed by atoms with E-state index in [1.807, 2.05) is 13.8 Å². The molecule has 1 N–H and O–H groups in total. The van der Waals surface area contributed by atoms with Gasteiger partial charge >= 0.3 is 0 Å². The minimum Gasteiger partial charge on any atom is -0.508 e. The minimum atomic E-state index is 0.196. The number of aromatic hydroxyl groups is 1. The molecule has 0 fully saturated rings. The van der Waals surface area contributed by atoms with Crippen molar-refractivity contribution in [3.8, 4) is 11.4 Å². The number of phenolic OH excluding ortho intramolecular Hbond substituents is 1. The molecule has 0 radical (unpaired) electrons. The van der Waals surface area contributed by atoms with Gasteiger partial charge in [0.05, 0.1) is 17.1 Å². The molecule has 0 aliphatic rings. The van der Waals surface area contributed by atoms with Crippen LogP contribution < -0.4 is 0 Å². The normalized spacial score (nSPS) is 10.8. The highest BCUT2D eigenvalue weighted by Crippen LogP contribution is 2.27. The van der Waals surface area contributed by atoms with Crippen LogP contribution in [0.15, 0.2) is 40.6 Å². The molecule has 21 heavy (non-hydrogen) atoms. The lowest BCUT2D eigenvalue weighted by Gasteiger charge is -2.06. The number of nitrogens with zero attached hydrogens (tertiary/aromatic N) is 6. The Hall–Kier alpha value is -2.48. The fourth-order valence-electron chi connectivity index (χ4n) is 1.70. The highest BCUT2D eigenvalue weighted by atomic mass is 32.2. The third kappa shape index (κ3) is 2.84. The van der Waals surface area contributed by atoms with Crippen molar-refractivity contribution in [2.75, 3.05) is 0 Å². The van der Waals surface area contributed by atoms with E-state index in [1.54, 1.807) is 35.1 Å². The Morgan fingerprint density at radius 1 is 1.14 bits per heavy atom. The van der Waals surface area contributed by atoms with Gasteiger partial charge in [-0.05, 0) is 60.3 Å². The highest BCUT2D eigenvalue weighted by Gasteiger charge is 2.13. The summed E-state index contributed by atoms with van der Waals surface area (Å²) >= 11 is 1.35. The molecule has 2 aromatic heterocycles. The van der Waals surface area contributed by atoms with E-state index in [9.17, 15) is 5.11 Å². The zero-order valence-electron chi connectivity index (χ0n) is 11.4. The summed E-state index contributed by atoms with van der Waals surface area (Å²) in [4.78, 5) is 8.73. The number of tetrazole rings is 1. The largest absolute Gasteiger partial charge is 0.508 e. The SMILES string of the molecule is Cc1cnc(C)c(Sc2nnnn2-c2ccc(O)cc2)n1. The monoisotopic (exact) mass is 300 g/mol. The zero-order chi connectivity index (χ0) is 14.8. The molecule has 106 valence electrons. The third-order valence-electron chi connectivity index (χ3n) is 2.76. The van der Waals surface area contributed by atoms with Crippen LogP contribution in [0.25, 0.3) is 5.69 Å². The van der Waals surface area contributed by atoms with Gasteiger partial charge < -0.3 is 5.11 Å². The second kappa shape index (κ2) is 5.49. The molecule has 3 aromatic rings. The first kappa shape index (κ1) is 13.5. The van der Waals surface area contributed by atoms with E-state index in [0.717, 1.165) is 22.1 Å². The van der Waals surface area contributed by atoms with Gasteiger partial charge in [-0.1, -0.05) is 0 Å². The molecule has 3 rings (SSSR count). The number of hydrogen-bond donors (Lipinski definition) is 1. The average molecular weight is 300 g/mol. The molecule has 0 saturated heterocycles. The summed E-state index contributed by atoms with van der Waals surface area (Å²) in [6, 6.07) is 6.65. The second-order valence-electron chi connectivity index (χ2n) is 4.39. The maximum absolute atomic E-state index is 9.34. The van der Waals surface area contributed by atoms with E-state index in [-0.39, 0.29) is 5.75 Å². The minimum absolute atomic E-state index is 0.196. The van der Waals surface area contributed by atoms with Crippen molar-refractivity contribution in [2.24, 2.45) is 0 Å². The molecule has 0 bridgehead atoms. The van der Waals surface area contributed by atoms with Gasteiger partial charge in [0, 0.05) is 6.20 Å². The Morgan fingerprint density at radius 2 is 1.90 bits per heavy atom. The fraction of sp³-hybridized carbons (Fsp3) is 0.154. The number of benzene rings is 1. The first-order chi connectivity index (χ1) is 10.1.